The lowest BCUT2D eigenvalue weighted by molar-refractivity contribution is -0.123. The summed E-state index contributed by atoms with van der Waals surface area (Å²) < 4.78 is 5.34. The Bertz CT molecular complexity index is 611. The van der Waals surface area contributed by atoms with Gasteiger partial charge in [-0.15, -0.1) is 11.3 Å². The van der Waals surface area contributed by atoms with Crippen molar-refractivity contribution in [1.82, 2.24) is 10.3 Å². The fraction of sp³-hybridized carbons (Fsp3) is 0.154. The summed E-state index contributed by atoms with van der Waals surface area (Å²) in [5.41, 5.74) is 7.72. The number of nitrogens with zero attached hydrogens (tertiary/aromatic N) is 2. The van der Waals surface area contributed by atoms with Crippen LogP contribution >= 0.6 is 11.3 Å². The number of ether oxygens (including phenoxy) is 1. The lowest BCUT2D eigenvalue weighted by atomic mass is 10.2. The number of aromatic nitrogens is 1. The number of benzene rings is 1. The molecule has 0 unspecified atom stereocenters. The molecule has 4 N–H and O–H groups in total. The molecular formula is C13H14N4O3S. The molecule has 0 spiro atoms. The molecular weight excluding hydrogens is 292 g/mol. The van der Waals surface area contributed by atoms with Gasteiger partial charge < -0.3 is 21.0 Å². The molecule has 0 radical (unpaired) electrons. The molecule has 0 aliphatic carbocycles. The van der Waals surface area contributed by atoms with Crippen LogP contribution < -0.4 is 15.8 Å². The fourth-order valence-electron chi connectivity index (χ4n) is 1.49. The lowest BCUT2D eigenvalue weighted by Crippen LogP contribution is -2.28. The highest BCUT2D eigenvalue weighted by Crippen LogP contribution is 2.12. The second kappa shape index (κ2) is 7.25. The number of carbonyl (C=O) groups is 1. The number of rotatable bonds is 6. The maximum Gasteiger partial charge on any atom is 0.258 e. The number of nitrogens with one attached hydrogen (secondary N) is 1. The van der Waals surface area contributed by atoms with Gasteiger partial charge in [0.15, 0.2) is 12.4 Å². The predicted molar refractivity (Wildman–Crippen MR) is 78.4 cm³/mol. The smallest absolute Gasteiger partial charge is 0.258 e. The predicted octanol–water partition coefficient (Wildman–Crippen LogP) is 0.933. The molecule has 1 aromatic carbocycles. The minimum Gasteiger partial charge on any atom is -0.484 e. The molecule has 1 aromatic heterocycles. The topological polar surface area (TPSA) is 110 Å². The quantitative estimate of drug-likeness (QED) is 0.318. The van der Waals surface area contributed by atoms with Gasteiger partial charge in [0, 0.05) is 16.6 Å². The van der Waals surface area contributed by atoms with E-state index in [4.69, 9.17) is 15.7 Å². The normalized spacial score (nSPS) is 11.1. The third-order valence-corrected chi connectivity index (χ3v) is 3.35. The van der Waals surface area contributed by atoms with E-state index in [2.05, 4.69) is 15.5 Å². The van der Waals surface area contributed by atoms with Crippen molar-refractivity contribution in [1.29, 1.82) is 0 Å². The summed E-state index contributed by atoms with van der Waals surface area (Å²) in [6.45, 7) is 0.358. The van der Waals surface area contributed by atoms with Crippen LogP contribution in [0, 0.1) is 0 Å². The zero-order chi connectivity index (χ0) is 15.1. The first-order valence-corrected chi connectivity index (χ1v) is 6.92. The van der Waals surface area contributed by atoms with Crippen molar-refractivity contribution in [3.8, 4) is 5.75 Å². The minimum absolute atomic E-state index is 0.0175. The first-order valence-electron chi connectivity index (χ1n) is 6.04. The van der Waals surface area contributed by atoms with Gasteiger partial charge in [-0.3, -0.25) is 9.78 Å². The zero-order valence-corrected chi connectivity index (χ0v) is 11.8. The van der Waals surface area contributed by atoms with Gasteiger partial charge in [0.05, 0.1) is 12.1 Å². The number of oxime groups is 1. The Balaban J connectivity index is 1.78. The maximum absolute atomic E-state index is 11.6. The van der Waals surface area contributed by atoms with Crippen LogP contribution in [0.3, 0.4) is 0 Å². The molecule has 0 saturated heterocycles. The van der Waals surface area contributed by atoms with Gasteiger partial charge in [-0.05, 0) is 24.3 Å². The van der Waals surface area contributed by atoms with Gasteiger partial charge in [0.1, 0.15) is 5.75 Å². The number of amidine groups is 1. The van der Waals surface area contributed by atoms with Crippen molar-refractivity contribution in [2.24, 2.45) is 10.9 Å². The van der Waals surface area contributed by atoms with Crippen LogP contribution in [0.5, 0.6) is 5.75 Å². The van der Waals surface area contributed by atoms with Crippen molar-refractivity contribution >= 4 is 23.1 Å². The van der Waals surface area contributed by atoms with Crippen molar-refractivity contribution < 1.29 is 14.7 Å². The van der Waals surface area contributed by atoms with Gasteiger partial charge >= 0.3 is 0 Å². The average Bonchev–Trinajstić information content (AvgIpc) is 3.04. The lowest BCUT2D eigenvalue weighted by Gasteiger charge is -2.07. The molecule has 0 saturated carbocycles. The first-order chi connectivity index (χ1) is 10.2. The third kappa shape index (κ3) is 4.46. The first kappa shape index (κ1) is 14.8. The molecule has 2 aromatic rings. The second-order valence-corrected chi connectivity index (χ2v) is 5.01. The summed E-state index contributed by atoms with van der Waals surface area (Å²) in [5.74, 6) is 0.324. The molecule has 7 nitrogen and oxygen atoms in total. The highest BCUT2D eigenvalue weighted by atomic mass is 32.1. The van der Waals surface area contributed by atoms with E-state index in [1.165, 1.54) is 11.3 Å². The van der Waals surface area contributed by atoms with E-state index in [9.17, 15) is 4.79 Å². The molecule has 0 aliphatic rings. The van der Waals surface area contributed by atoms with Gasteiger partial charge in [0.25, 0.3) is 5.91 Å². The van der Waals surface area contributed by atoms with Crippen LogP contribution in [0.4, 0.5) is 0 Å². The van der Waals surface area contributed by atoms with Crippen molar-refractivity contribution in [2.75, 3.05) is 6.61 Å². The summed E-state index contributed by atoms with van der Waals surface area (Å²) in [4.78, 5) is 16.5. The van der Waals surface area contributed by atoms with Crippen molar-refractivity contribution in [3.05, 3.63) is 46.4 Å². The molecule has 0 bridgehead atoms. The van der Waals surface area contributed by atoms with E-state index in [-0.39, 0.29) is 18.3 Å². The summed E-state index contributed by atoms with van der Waals surface area (Å²) >= 11 is 1.48. The zero-order valence-electron chi connectivity index (χ0n) is 11.0. The molecule has 1 amide bonds. The van der Waals surface area contributed by atoms with Crippen molar-refractivity contribution in [2.45, 2.75) is 6.54 Å². The summed E-state index contributed by atoms with van der Waals surface area (Å²) in [6.07, 6.45) is 1.71. The molecule has 0 atom stereocenters. The Kier molecular flexibility index (Phi) is 5.10. The van der Waals surface area contributed by atoms with E-state index >= 15 is 0 Å². The summed E-state index contributed by atoms with van der Waals surface area (Å²) in [6, 6.07) is 6.56. The number of hydrogen-bond donors (Lipinski definition) is 3. The van der Waals surface area contributed by atoms with Crippen molar-refractivity contribution in [3.63, 3.8) is 0 Å². The monoisotopic (exact) mass is 306 g/mol. The van der Waals surface area contributed by atoms with E-state index in [0.717, 1.165) is 4.88 Å². The number of amides is 1. The highest BCUT2D eigenvalue weighted by molar-refractivity contribution is 7.09. The number of hydrogen-bond acceptors (Lipinski definition) is 6. The van der Waals surface area contributed by atoms with Crippen LogP contribution in [-0.2, 0) is 11.3 Å². The van der Waals surface area contributed by atoms with Crippen LogP contribution in [0.25, 0.3) is 0 Å². The number of carbonyl (C=O) groups excluding carboxylic acids is 1. The molecule has 21 heavy (non-hydrogen) atoms. The van der Waals surface area contributed by atoms with Crippen LogP contribution in [0.15, 0.2) is 41.1 Å². The molecule has 0 aliphatic heterocycles. The summed E-state index contributed by atoms with van der Waals surface area (Å²) in [5, 5.41) is 14.2. The van der Waals surface area contributed by atoms with E-state index in [1.54, 1.807) is 36.0 Å². The molecule has 8 heteroatoms. The van der Waals surface area contributed by atoms with E-state index in [1.807, 2.05) is 0 Å². The molecule has 1 heterocycles. The number of thiazole rings is 1. The Morgan fingerprint density at radius 2 is 2.19 bits per heavy atom. The van der Waals surface area contributed by atoms with E-state index < -0.39 is 0 Å². The Morgan fingerprint density at radius 3 is 2.81 bits per heavy atom. The Morgan fingerprint density at radius 1 is 1.43 bits per heavy atom. The van der Waals surface area contributed by atoms with Gasteiger partial charge in [-0.2, -0.15) is 0 Å². The number of nitrogens with two attached hydrogens (primary N) is 1. The maximum atomic E-state index is 11.6. The third-order valence-electron chi connectivity index (χ3n) is 2.57. The molecule has 0 fully saturated rings. The Labute approximate surface area is 125 Å². The van der Waals surface area contributed by atoms with Gasteiger partial charge in [0.2, 0.25) is 0 Å². The standard InChI is InChI=1S/C13H14N4O3S/c14-13(17-19)9-1-3-10(4-2-9)20-7-12(18)16-6-11-5-15-8-21-11/h1-5,8,19H,6-7H2,(H2,14,17)(H,16,18). The van der Waals surface area contributed by atoms with Gasteiger partial charge in [-0.1, -0.05) is 5.16 Å². The second-order valence-electron chi connectivity index (χ2n) is 4.04. The largest absolute Gasteiger partial charge is 0.484 e. The molecule has 2 rings (SSSR count). The van der Waals surface area contributed by atoms with Gasteiger partial charge in [-0.25, -0.2) is 0 Å². The van der Waals surface area contributed by atoms with E-state index in [0.29, 0.717) is 17.9 Å². The SMILES string of the molecule is N/C(=N/O)c1ccc(OCC(=O)NCc2cncs2)cc1. The highest BCUT2D eigenvalue weighted by Gasteiger charge is 2.04. The Hall–Kier alpha value is -2.61. The van der Waals surface area contributed by atoms with Crippen LogP contribution in [-0.4, -0.2) is 28.5 Å². The van der Waals surface area contributed by atoms with Crippen LogP contribution in [0.1, 0.15) is 10.4 Å². The molecule has 110 valence electrons. The fourth-order valence-corrected chi connectivity index (χ4v) is 2.03. The summed E-state index contributed by atoms with van der Waals surface area (Å²) in [7, 11) is 0. The average molecular weight is 306 g/mol. The van der Waals surface area contributed by atoms with Crippen LogP contribution in [0.2, 0.25) is 0 Å². The minimum atomic E-state index is -0.219.